The largest absolute Gasteiger partial charge is 0.337 e. The minimum Gasteiger partial charge on any atom is -0.337 e. The first-order valence-corrected chi connectivity index (χ1v) is 8.88. The van der Waals surface area contributed by atoms with Crippen LogP contribution in [0.3, 0.4) is 0 Å². The van der Waals surface area contributed by atoms with Crippen LogP contribution < -0.4 is 5.32 Å². The van der Waals surface area contributed by atoms with Gasteiger partial charge in [-0.15, -0.1) is 22.7 Å². The number of thiophene rings is 2. The first-order chi connectivity index (χ1) is 10.3. The van der Waals surface area contributed by atoms with E-state index in [1.807, 2.05) is 24.8 Å². The number of nitrogens with one attached hydrogen (secondary N) is 1. The maximum Gasteiger partial charge on any atom is 0.0945 e. The zero-order chi connectivity index (χ0) is 14.5. The molecule has 21 heavy (non-hydrogen) atoms. The van der Waals surface area contributed by atoms with Crippen molar-refractivity contribution in [2.45, 2.75) is 19.0 Å². The minimum absolute atomic E-state index is 0.241. The fourth-order valence-electron chi connectivity index (χ4n) is 2.21. The molecule has 3 aromatic heterocycles. The molecule has 1 atom stereocenters. The molecule has 3 nitrogen and oxygen atoms in total. The zero-order valence-electron chi connectivity index (χ0n) is 11.4. The molecule has 0 saturated carbocycles. The molecular weight excluding hydrogens is 322 g/mol. The summed E-state index contributed by atoms with van der Waals surface area (Å²) in [5.41, 5.74) is 0. The SMILES string of the molecule is Clc1ccc(C(NCCCn2ccnc2)c2cccs2)s1. The van der Waals surface area contributed by atoms with Crippen molar-refractivity contribution >= 4 is 34.3 Å². The van der Waals surface area contributed by atoms with Crippen LogP contribution in [0.5, 0.6) is 0 Å². The predicted molar refractivity (Wildman–Crippen MR) is 90.3 cm³/mol. The van der Waals surface area contributed by atoms with E-state index in [9.17, 15) is 0 Å². The second-order valence-corrected chi connectivity index (χ2v) is 7.42. The highest BCUT2D eigenvalue weighted by molar-refractivity contribution is 7.16. The summed E-state index contributed by atoms with van der Waals surface area (Å²) in [6.07, 6.45) is 6.73. The van der Waals surface area contributed by atoms with Crippen molar-refractivity contribution < 1.29 is 0 Å². The Bertz CT molecular complexity index is 646. The van der Waals surface area contributed by atoms with Crippen molar-refractivity contribution in [1.29, 1.82) is 0 Å². The Kier molecular flexibility index (Phi) is 5.08. The number of nitrogens with zero attached hydrogens (tertiary/aromatic N) is 2. The molecule has 6 heteroatoms. The van der Waals surface area contributed by atoms with Gasteiger partial charge in [0, 0.05) is 28.7 Å². The highest BCUT2D eigenvalue weighted by Gasteiger charge is 2.16. The molecule has 110 valence electrons. The van der Waals surface area contributed by atoms with Gasteiger partial charge in [-0.05, 0) is 36.5 Å². The first kappa shape index (κ1) is 14.8. The number of hydrogen-bond donors (Lipinski definition) is 1. The number of rotatable bonds is 7. The second-order valence-electron chi connectivity index (χ2n) is 4.70. The lowest BCUT2D eigenvalue weighted by Gasteiger charge is -2.16. The van der Waals surface area contributed by atoms with Crippen molar-refractivity contribution in [2.75, 3.05) is 6.54 Å². The summed E-state index contributed by atoms with van der Waals surface area (Å²) in [4.78, 5) is 6.66. The maximum atomic E-state index is 6.08. The van der Waals surface area contributed by atoms with Gasteiger partial charge in [0.1, 0.15) is 0 Å². The van der Waals surface area contributed by atoms with Crippen LogP contribution in [-0.4, -0.2) is 16.1 Å². The fraction of sp³-hybridized carbons (Fsp3) is 0.267. The molecular formula is C15H16ClN3S2. The lowest BCUT2D eigenvalue weighted by atomic mass is 10.2. The molecule has 0 amide bonds. The summed E-state index contributed by atoms with van der Waals surface area (Å²) < 4.78 is 2.94. The summed E-state index contributed by atoms with van der Waals surface area (Å²) in [7, 11) is 0. The standard InChI is InChI=1S/C15H16ClN3S2/c16-14-5-4-13(21-14)15(12-3-1-10-20-12)18-6-2-8-19-9-7-17-11-19/h1,3-5,7,9-11,15,18H,2,6,8H2. The van der Waals surface area contributed by atoms with E-state index < -0.39 is 0 Å². The number of halogens is 1. The van der Waals surface area contributed by atoms with Gasteiger partial charge in [-0.3, -0.25) is 0 Å². The minimum atomic E-state index is 0.241. The molecule has 1 unspecified atom stereocenters. The normalized spacial score (nSPS) is 12.6. The van der Waals surface area contributed by atoms with E-state index in [0.717, 1.165) is 23.8 Å². The molecule has 0 spiro atoms. The Balaban J connectivity index is 1.60. The van der Waals surface area contributed by atoms with E-state index in [-0.39, 0.29) is 6.04 Å². The van der Waals surface area contributed by atoms with Crippen molar-refractivity contribution in [3.63, 3.8) is 0 Å². The number of aryl methyl sites for hydroxylation is 1. The third kappa shape index (κ3) is 3.95. The lowest BCUT2D eigenvalue weighted by molar-refractivity contribution is 0.551. The molecule has 0 aliphatic carbocycles. The van der Waals surface area contributed by atoms with Gasteiger partial charge in [-0.2, -0.15) is 0 Å². The average molecular weight is 338 g/mol. The van der Waals surface area contributed by atoms with E-state index in [1.54, 1.807) is 22.7 Å². The quantitative estimate of drug-likeness (QED) is 0.646. The van der Waals surface area contributed by atoms with Crippen molar-refractivity contribution in [3.8, 4) is 0 Å². The van der Waals surface area contributed by atoms with Gasteiger partial charge in [-0.1, -0.05) is 17.7 Å². The lowest BCUT2D eigenvalue weighted by Crippen LogP contribution is -2.22. The van der Waals surface area contributed by atoms with Crippen molar-refractivity contribution in [1.82, 2.24) is 14.9 Å². The Morgan fingerprint density at radius 3 is 2.90 bits per heavy atom. The average Bonchev–Trinajstić information content (AvgIpc) is 3.20. The number of hydrogen-bond acceptors (Lipinski definition) is 4. The van der Waals surface area contributed by atoms with E-state index in [1.165, 1.54) is 9.75 Å². The van der Waals surface area contributed by atoms with Crippen LogP contribution >= 0.6 is 34.3 Å². The molecule has 0 radical (unpaired) electrons. The van der Waals surface area contributed by atoms with Gasteiger partial charge in [0.05, 0.1) is 16.7 Å². The van der Waals surface area contributed by atoms with Crippen LogP contribution in [0, 0.1) is 0 Å². The number of aromatic nitrogens is 2. The van der Waals surface area contributed by atoms with Crippen molar-refractivity contribution in [2.24, 2.45) is 0 Å². The molecule has 3 aromatic rings. The smallest absolute Gasteiger partial charge is 0.0945 e. The monoisotopic (exact) mass is 337 g/mol. The summed E-state index contributed by atoms with van der Waals surface area (Å²) in [5, 5.41) is 5.76. The molecule has 3 heterocycles. The van der Waals surface area contributed by atoms with Gasteiger partial charge in [0.15, 0.2) is 0 Å². The molecule has 0 aromatic carbocycles. The molecule has 0 saturated heterocycles. The maximum absolute atomic E-state index is 6.08. The highest BCUT2D eigenvalue weighted by atomic mass is 35.5. The summed E-state index contributed by atoms with van der Waals surface area (Å²) in [6, 6.07) is 8.59. The van der Waals surface area contributed by atoms with E-state index >= 15 is 0 Å². The van der Waals surface area contributed by atoms with Crippen LogP contribution in [-0.2, 0) is 6.54 Å². The summed E-state index contributed by atoms with van der Waals surface area (Å²) in [5.74, 6) is 0. The second kappa shape index (κ2) is 7.22. The molecule has 0 aliphatic rings. The van der Waals surface area contributed by atoms with E-state index in [2.05, 4.69) is 38.4 Å². The third-order valence-electron chi connectivity index (χ3n) is 3.21. The van der Waals surface area contributed by atoms with Gasteiger partial charge >= 0.3 is 0 Å². The Morgan fingerprint density at radius 1 is 1.29 bits per heavy atom. The van der Waals surface area contributed by atoms with Crippen LogP contribution in [0.15, 0.2) is 48.4 Å². The third-order valence-corrected chi connectivity index (χ3v) is 5.44. The summed E-state index contributed by atoms with van der Waals surface area (Å²) >= 11 is 9.50. The number of imidazole rings is 1. The van der Waals surface area contributed by atoms with Gasteiger partial charge in [0.2, 0.25) is 0 Å². The predicted octanol–water partition coefficient (Wildman–Crippen LogP) is 4.43. The van der Waals surface area contributed by atoms with Crippen LogP contribution in [0.1, 0.15) is 22.2 Å². The first-order valence-electron chi connectivity index (χ1n) is 6.81. The summed E-state index contributed by atoms with van der Waals surface area (Å²) in [6.45, 7) is 1.94. The molecule has 3 rings (SSSR count). The fourth-order valence-corrected chi connectivity index (χ4v) is 4.26. The van der Waals surface area contributed by atoms with E-state index in [4.69, 9.17) is 11.6 Å². The topological polar surface area (TPSA) is 29.9 Å². The molecule has 0 fully saturated rings. The molecule has 1 N–H and O–H groups in total. The highest BCUT2D eigenvalue weighted by Crippen LogP contribution is 2.32. The Labute approximate surface area is 137 Å². The Morgan fingerprint density at radius 2 is 2.24 bits per heavy atom. The van der Waals surface area contributed by atoms with E-state index in [0.29, 0.717) is 0 Å². The molecule has 0 aliphatic heterocycles. The van der Waals surface area contributed by atoms with Gasteiger partial charge in [0.25, 0.3) is 0 Å². The Hall–Kier alpha value is -1.14. The zero-order valence-corrected chi connectivity index (χ0v) is 13.8. The van der Waals surface area contributed by atoms with Crippen LogP contribution in [0.4, 0.5) is 0 Å². The molecule has 0 bridgehead atoms. The van der Waals surface area contributed by atoms with Crippen LogP contribution in [0.25, 0.3) is 0 Å². The van der Waals surface area contributed by atoms with Crippen molar-refractivity contribution in [3.05, 3.63) is 62.5 Å². The van der Waals surface area contributed by atoms with Gasteiger partial charge in [-0.25, -0.2) is 4.98 Å². The van der Waals surface area contributed by atoms with Crippen LogP contribution in [0.2, 0.25) is 4.34 Å². The van der Waals surface area contributed by atoms with Gasteiger partial charge < -0.3 is 9.88 Å².